The van der Waals surface area contributed by atoms with Gasteiger partial charge in [-0.05, 0) is 67.4 Å². The van der Waals surface area contributed by atoms with E-state index in [1.54, 1.807) is 29.6 Å². The van der Waals surface area contributed by atoms with E-state index in [1.807, 2.05) is 36.4 Å². The zero-order valence-electron chi connectivity index (χ0n) is 17.0. The van der Waals surface area contributed by atoms with Crippen molar-refractivity contribution in [3.63, 3.8) is 0 Å². The topological polar surface area (TPSA) is 55.6 Å². The van der Waals surface area contributed by atoms with Crippen molar-refractivity contribution in [3.8, 4) is 5.75 Å². The number of ether oxygens (including phenoxy) is 1. The van der Waals surface area contributed by atoms with Gasteiger partial charge in [0.2, 0.25) is 5.91 Å². The number of aromatic nitrogens is 1. The summed E-state index contributed by atoms with van der Waals surface area (Å²) < 4.78 is 11.8. The summed E-state index contributed by atoms with van der Waals surface area (Å²) in [7, 11) is 1.64. The molecule has 0 atom stereocenters. The number of carbonyl (C=O) groups is 1. The fourth-order valence-corrected chi connectivity index (χ4v) is 5.00. The van der Waals surface area contributed by atoms with Crippen LogP contribution in [0.3, 0.4) is 0 Å². The number of nitrogens with zero attached hydrogens (tertiary/aromatic N) is 2. The molecule has 1 amide bonds. The molecule has 5 nitrogen and oxygen atoms in total. The molecular weight excluding hydrogens is 416 g/mol. The highest BCUT2D eigenvalue weighted by Crippen LogP contribution is 2.33. The predicted octanol–water partition coefficient (Wildman–Crippen LogP) is 5.84. The molecule has 2 aromatic heterocycles. The van der Waals surface area contributed by atoms with Gasteiger partial charge in [0.1, 0.15) is 11.5 Å². The molecule has 0 aliphatic heterocycles. The van der Waals surface area contributed by atoms with E-state index in [2.05, 4.69) is 26.0 Å². The second-order valence-corrected chi connectivity index (χ2v) is 8.98. The predicted molar refractivity (Wildman–Crippen MR) is 123 cm³/mol. The highest BCUT2D eigenvalue weighted by Gasteiger charge is 2.22. The number of hydrogen-bond acceptors (Lipinski definition) is 6. The van der Waals surface area contributed by atoms with Crippen LogP contribution in [-0.2, 0) is 11.3 Å². The van der Waals surface area contributed by atoms with Crippen molar-refractivity contribution in [2.75, 3.05) is 17.8 Å². The highest BCUT2D eigenvalue weighted by atomic mass is 32.2. The molecule has 0 aliphatic rings. The van der Waals surface area contributed by atoms with E-state index in [0.29, 0.717) is 17.4 Å². The van der Waals surface area contributed by atoms with Crippen LogP contribution < -0.4 is 9.64 Å². The molecule has 0 saturated carbocycles. The third-order valence-electron chi connectivity index (χ3n) is 4.66. The van der Waals surface area contributed by atoms with E-state index in [9.17, 15) is 4.79 Å². The van der Waals surface area contributed by atoms with E-state index in [-0.39, 0.29) is 5.91 Å². The van der Waals surface area contributed by atoms with Crippen LogP contribution in [-0.4, -0.2) is 23.8 Å². The summed E-state index contributed by atoms with van der Waals surface area (Å²) in [5.74, 6) is 1.82. The van der Waals surface area contributed by atoms with Gasteiger partial charge in [-0.3, -0.25) is 9.69 Å². The number of fused-ring (bicyclic) bond motifs is 1. The van der Waals surface area contributed by atoms with Crippen molar-refractivity contribution in [1.82, 2.24) is 4.98 Å². The molecule has 0 spiro atoms. The Morgan fingerprint density at radius 1 is 1.20 bits per heavy atom. The quantitative estimate of drug-likeness (QED) is 0.339. The van der Waals surface area contributed by atoms with Crippen LogP contribution in [0.1, 0.15) is 16.9 Å². The van der Waals surface area contributed by atoms with Crippen molar-refractivity contribution in [1.29, 1.82) is 0 Å². The van der Waals surface area contributed by atoms with Gasteiger partial charge in [-0.25, -0.2) is 4.98 Å². The second-order valence-electron chi connectivity index (χ2n) is 6.95. The van der Waals surface area contributed by atoms with Crippen LogP contribution in [0.2, 0.25) is 0 Å². The summed E-state index contributed by atoms with van der Waals surface area (Å²) in [5, 5.41) is 0.690. The van der Waals surface area contributed by atoms with Crippen LogP contribution in [0.25, 0.3) is 10.2 Å². The van der Waals surface area contributed by atoms with E-state index in [1.165, 1.54) is 17.3 Å². The first-order chi connectivity index (χ1) is 14.5. The fraction of sp³-hybridized carbons (Fsp3) is 0.217. The molecular formula is C23H22N2O3S2. The van der Waals surface area contributed by atoms with Crippen LogP contribution in [0, 0.1) is 13.8 Å². The number of furan rings is 1. The normalized spacial score (nSPS) is 11.0. The lowest BCUT2D eigenvalue weighted by molar-refractivity contribution is -0.116. The lowest BCUT2D eigenvalue weighted by Crippen LogP contribution is -2.31. The summed E-state index contributed by atoms with van der Waals surface area (Å²) in [6.45, 7) is 4.49. The zero-order chi connectivity index (χ0) is 21.1. The third kappa shape index (κ3) is 4.52. The molecule has 7 heteroatoms. The van der Waals surface area contributed by atoms with Gasteiger partial charge >= 0.3 is 0 Å². The molecule has 4 aromatic rings. The molecule has 154 valence electrons. The minimum absolute atomic E-state index is 0.0133. The van der Waals surface area contributed by atoms with E-state index in [0.717, 1.165) is 32.2 Å². The average molecular weight is 439 g/mol. The maximum absolute atomic E-state index is 13.2. The van der Waals surface area contributed by atoms with Crippen molar-refractivity contribution >= 4 is 44.4 Å². The Labute approximate surface area is 183 Å². The van der Waals surface area contributed by atoms with E-state index in [4.69, 9.17) is 14.1 Å². The smallest absolute Gasteiger partial charge is 0.239 e. The largest absolute Gasteiger partial charge is 0.497 e. The van der Waals surface area contributed by atoms with Gasteiger partial charge < -0.3 is 9.15 Å². The van der Waals surface area contributed by atoms with Crippen molar-refractivity contribution in [3.05, 3.63) is 71.7 Å². The summed E-state index contributed by atoms with van der Waals surface area (Å²) in [4.78, 5) is 20.7. The lowest BCUT2D eigenvalue weighted by Gasteiger charge is -2.18. The number of carbonyl (C=O) groups excluding carboxylic acids is 1. The number of thioether (sulfide) groups is 1. The maximum Gasteiger partial charge on any atom is 0.239 e. The standard InChI is InChI=1S/C23H22N2O3S2/c1-15-11-16(2)22-20(12-15)24-23(30-22)25(13-18-5-4-10-28-18)21(26)14-29-19-8-6-17(27-3)7-9-19/h4-12H,13-14H2,1-3H3. The zero-order valence-corrected chi connectivity index (χ0v) is 18.7. The van der Waals surface area contributed by atoms with Gasteiger partial charge in [-0.15, -0.1) is 11.8 Å². The molecule has 30 heavy (non-hydrogen) atoms. The second kappa shape index (κ2) is 8.93. The fourth-order valence-electron chi connectivity index (χ4n) is 3.20. The minimum atomic E-state index is -0.0133. The Morgan fingerprint density at radius 3 is 2.70 bits per heavy atom. The molecule has 0 aliphatic carbocycles. The first-order valence-corrected chi connectivity index (χ1v) is 11.3. The maximum atomic E-state index is 13.2. The molecule has 0 radical (unpaired) electrons. The molecule has 0 saturated heterocycles. The number of anilines is 1. The van der Waals surface area contributed by atoms with Gasteiger partial charge in [0, 0.05) is 4.90 Å². The minimum Gasteiger partial charge on any atom is -0.497 e. The number of rotatable bonds is 7. The Morgan fingerprint density at radius 2 is 2.00 bits per heavy atom. The van der Waals surface area contributed by atoms with Crippen LogP contribution in [0.15, 0.2) is 64.1 Å². The number of benzene rings is 2. The summed E-state index contributed by atoms with van der Waals surface area (Å²) in [6, 6.07) is 15.6. The molecule has 0 unspecified atom stereocenters. The van der Waals surface area contributed by atoms with E-state index < -0.39 is 0 Å². The summed E-state index contributed by atoms with van der Waals surface area (Å²) in [5.41, 5.74) is 3.26. The van der Waals surface area contributed by atoms with Crippen LogP contribution in [0.4, 0.5) is 5.13 Å². The van der Waals surface area contributed by atoms with Crippen molar-refractivity contribution < 1.29 is 13.9 Å². The lowest BCUT2D eigenvalue weighted by atomic mass is 10.1. The molecule has 2 aromatic carbocycles. The summed E-state index contributed by atoms with van der Waals surface area (Å²) in [6.07, 6.45) is 1.62. The monoisotopic (exact) mass is 438 g/mol. The molecule has 0 N–H and O–H groups in total. The Balaban J connectivity index is 1.59. The number of aryl methyl sites for hydroxylation is 2. The Kier molecular flexibility index (Phi) is 6.11. The molecule has 2 heterocycles. The van der Waals surface area contributed by atoms with Gasteiger partial charge in [0.05, 0.1) is 35.9 Å². The van der Waals surface area contributed by atoms with Crippen LogP contribution in [0.5, 0.6) is 5.75 Å². The van der Waals surface area contributed by atoms with Crippen molar-refractivity contribution in [2.45, 2.75) is 25.3 Å². The molecule has 0 fully saturated rings. The molecule has 4 rings (SSSR count). The highest BCUT2D eigenvalue weighted by molar-refractivity contribution is 8.00. The van der Waals surface area contributed by atoms with E-state index >= 15 is 0 Å². The van der Waals surface area contributed by atoms with Crippen LogP contribution >= 0.6 is 23.1 Å². The first-order valence-electron chi connectivity index (χ1n) is 9.51. The van der Waals surface area contributed by atoms with Gasteiger partial charge in [-0.1, -0.05) is 17.4 Å². The van der Waals surface area contributed by atoms with Gasteiger partial charge in [0.25, 0.3) is 0 Å². The van der Waals surface area contributed by atoms with Gasteiger partial charge in [-0.2, -0.15) is 0 Å². The average Bonchev–Trinajstić information content (AvgIpc) is 3.40. The Bertz CT molecular complexity index is 1150. The van der Waals surface area contributed by atoms with Crippen molar-refractivity contribution in [2.24, 2.45) is 0 Å². The SMILES string of the molecule is COc1ccc(SCC(=O)N(Cc2ccco2)c2nc3cc(C)cc(C)c3s2)cc1. The number of thiazole rings is 1. The summed E-state index contributed by atoms with van der Waals surface area (Å²) >= 11 is 3.04. The number of methoxy groups -OCH3 is 1. The Hall–Kier alpha value is -2.77. The molecule has 0 bridgehead atoms. The first kappa shape index (κ1) is 20.5. The number of hydrogen-bond donors (Lipinski definition) is 0. The number of amides is 1. The van der Waals surface area contributed by atoms with Gasteiger partial charge in [0.15, 0.2) is 5.13 Å². The third-order valence-corrected chi connectivity index (χ3v) is 6.88.